The second-order valence-electron chi connectivity index (χ2n) is 3.36. The number of rotatable bonds is 2. The van der Waals surface area contributed by atoms with E-state index < -0.39 is 0 Å². The summed E-state index contributed by atoms with van der Waals surface area (Å²) in [6.07, 6.45) is 3.45. The minimum atomic E-state index is -0.0161. The molecule has 0 amide bonds. The van der Waals surface area contributed by atoms with Crippen LogP contribution >= 0.6 is 11.3 Å². The van der Waals surface area contributed by atoms with Crippen molar-refractivity contribution in [2.24, 2.45) is 0 Å². The first-order valence-electron chi connectivity index (χ1n) is 4.86. The molecule has 0 aliphatic carbocycles. The number of aliphatic hydroxyl groups is 1. The Morgan fingerprint density at radius 2 is 2.25 bits per heavy atom. The third-order valence-electron chi connectivity index (χ3n) is 2.41. The number of hydrogen-bond acceptors (Lipinski definition) is 4. The normalized spacial score (nSPS) is 11.1. The minimum Gasteiger partial charge on any atom is -0.390 e. The Bertz CT molecular complexity index is 614. The Morgan fingerprint density at radius 1 is 1.31 bits per heavy atom. The van der Waals surface area contributed by atoms with Crippen molar-refractivity contribution in [2.45, 2.75) is 6.61 Å². The number of aliphatic hydroxyl groups excluding tert-OH is 1. The van der Waals surface area contributed by atoms with E-state index >= 15 is 0 Å². The molecule has 0 spiro atoms. The highest BCUT2D eigenvalue weighted by atomic mass is 32.1. The number of nitrogens with zero attached hydrogens (tertiary/aromatic N) is 3. The average Bonchev–Trinajstić information content (AvgIpc) is 2.90. The Morgan fingerprint density at radius 3 is 3.00 bits per heavy atom. The van der Waals surface area contributed by atoms with E-state index in [2.05, 4.69) is 9.97 Å². The number of aromatic nitrogens is 3. The number of imidazole rings is 1. The van der Waals surface area contributed by atoms with Gasteiger partial charge in [-0.25, -0.2) is 4.98 Å². The first-order chi connectivity index (χ1) is 7.90. The molecule has 0 fully saturated rings. The molecule has 80 valence electrons. The van der Waals surface area contributed by atoms with Crippen molar-refractivity contribution in [3.8, 4) is 11.4 Å². The van der Waals surface area contributed by atoms with Crippen LogP contribution in [0.2, 0.25) is 0 Å². The largest absolute Gasteiger partial charge is 0.390 e. The highest BCUT2D eigenvalue weighted by molar-refractivity contribution is 7.15. The van der Waals surface area contributed by atoms with E-state index in [0.717, 1.165) is 22.0 Å². The Labute approximate surface area is 95.8 Å². The summed E-state index contributed by atoms with van der Waals surface area (Å²) < 4.78 is 1.94. The van der Waals surface area contributed by atoms with Crippen LogP contribution in [-0.4, -0.2) is 19.5 Å². The summed E-state index contributed by atoms with van der Waals surface area (Å²) in [5, 5.41) is 11.2. The quantitative estimate of drug-likeness (QED) is 0.733. The summed E-state index contributed by atoms with van der Waals surface area (Å²) in [5.74, 6) is 0. The molecular formula is C11H9N3OS. The summed E-state index contributed by atoms with van der Waals surface area (Å²) in [5.41, 5.74) is 2.65. The average molecular weight is 231 g/mol. The summed E-state index contributed by atoms with van der Waals surface area (Å²) in [4.78, 5) is 9.41. The molecule has 5 heteroatoms. The highest BCUT2D eigenvalue weighted by Gasteiger charge is 2.11. The molecule has 0 saturated heterocycles. The maximum Gasteiger partial charge on any atom is 0.194 e. The Kier molecular flexibility index (Phi) is 2.19. The molecule has 0 unspecified atom stereocenters. The van der Waals surface area contributed by atoms with Crippen LogP contribution in [0.5, 0.6) is 0 Å². The van der Waals surface area contributed by atoms with Crippen molar-refractivity contribution in [3.63, 3.8) is 0 Å². The van der Waals surface area contributed by atoms with Crippen molar-refractivity contribution in [1.82, 2.24) is 14.4 Å². The van der Waals surface area contributed by atoms with Gasteiger partial charge in [-0.15, -0.1) is 11.3 Å². The van der Waals surface area contributed by atoms with Gasteiger partial charge in [0.15, 0.2) is 4.96 Å². The number of fused-ring (bicyclic) bond motifs is 1. The lowest BCUT2D eigenvalue weighted by molar-refractivity contribution is 0.276. The Hall–Kier alpha value is -1.72. The van der Waals surface area contributed by atoms with E-state index in [9.17, 15) is 5.11 Å². The van der Waals surface area contributed by atoms with Gasteiger partial charge in [0, 0.05) is 11.6 Å². The fourth-order valence-electron chi connectivity index (χ4n) is 1.67. The van der Waals surface area contributed by atoms with Gasteiger partial charge < -0.3 is 5.11 Å². The van der Waals surface area contributed by atoms with Crippen LogP contribution in [0, 0.1) is 0 Å². The van der Waals surface area contributed by atoms with Crippen LogP contribution in [0.4, 0.5) is 0 Å². The van der Waals surface area contributed by atoms with E-state index in [1.54, 1.807) is 23.7 Å². The molecule has 3 aromatic rings. The lowest BCUT2D eigenvalue weighted by Crippen LogP contribution is -1.93. The van der Waals surface area contributed by atoms with Crippen molar-refractivity contribution < 1.29 is 5.11 Å². The zero-order chi connectivity index (χ0) is 11.0. The van der Waals surface area contributed by atoms with Crippen LogP contribution in [0.3, 0.4) is 0 Å². The minimum absolute atomic E-state index is 0.0161. The molecule has 0 atom stereocenters. The fraction of sp³-hybridized carbons (Fsp3) is 0.0909. The third kappa shape index (κ3) is 1.33. The van der Waals surface area contributed by atoms with Crippen LogP contribution in [-0.2, 0) is 6.61 Å². The summed E-state index contributed by atoms with van der Waals surface area (Å²) in [6.45, 7) is -0.0161. The monoisotopic (exact) mass is 231 g/mol. The van der Waals surface area contributed by atoms with Crippen molar-refractivity contribution >= 4 is 16.3 Å². The maximum absolute atomic E-state index is 9.24. The van der Waals surface area contributed by atoms with Gasteiger partial charge in [-0.3, -0.25) is 9.38 Å². The molecule has 0 aliphatic rings. The maximum atomic E-state index is 9.24. The van der Waals surface area contributed by atoms with E-state index in [1.807, 2.05) is 28.0 Å². The van der Waals surface area contributed by atoms with Crippen molar-refractivity contribution in [3.05, 3.63) is 41.7 Å². The Balaban J connectivity index is 2.28. The van der Waals surface area contributed by atoms with Gasteiger partial charge in [0.2, 0.25) is 0 Å². The third-order valence-corrected chi connectivity index (χ3v) is 3.25. The first-order valence-corrected chi connectivity index (χ1v) is 5.74. The standard InChI is InChI=1S/C11H9N3OS/c15-6-8-5-13-11-14(8)10(7-16-11)9-3-1-2-4-12-9/h1-5,7,15H,6H2. The van der Waals surface area contributed by atoms with Crippen LogP contribution in [0.25, 0.3) is 16.3 Å². The molecule has 3 aromatic heterocycles. The topological polar surface area (TPSA) is 50.4 Å². The predicted octanol–water partition coefficient (Wildman–Crippen LogP) is 1.95. The van der Waals surface area contributed by atoms with E-state index in [0.29, 0.717) is 0 Å². The van der Waals surface area contributed by atoms with Gasteiger partial charge in [-0.2, -0.15) is 0 Å². The highest BCUT2D eigenvalue weighted by Crippen LogP contribution is 2.25. The summed E-state index contributed by atoms with van der Waals surface area (Å²) in [7, 11) is 0. The van der Waals surface area contributed by atoms with Crippen molar-refractivity contribution in [2.75, 3.05) is 0 Å². The van der Waals surface area contributed by atoms with Gasteiger partial charge in [-0.05, 0) is 12.1 Å². The van der Waals surface area contributed by atoms with Crippen molar-refractivity contribution in [1.29, 1.82) is 0 Å². The lowest BCUT2D eigenvalue weighted by Gasteiger charge is -2.00. The van der Waals surface area contributed by atoms with Crippen LogP contribution in [0.1, 0.15) is 5.69 Å². The predicted molar refractivity (Wildman–Crippen MR) is 62.2 cm³/mol. The molecule has 3 rings (SSSR count). The molecule has 0 aliphatic heterocycles. The molecule has 0 bridgehead atoms. The first kappa shape index (κ1) is 9.50. The van der Waals surface area contributed by atoms with Gasteiger partial charge >= 0.3 is 0 Å². The zero-order valence-corrected chi connectivity index (χ0v) is 9.18. The SMILES string of the molecule is OCc1cnc2scc(-c3ccccn3)n12. The molecule has 1 N–H and O–H groups in total. The van der Waals surface area contributed by atoms with Crippen LogP contribution < -0.4 is 0 Å². The lowest BCUT2D eigenvalue weighted by atomic mass is 10.3. The smallest absolute Gasteiger partial charge is 0.194 e. The van der Waals surface area contributed by atoms with Gasteiger partial charge in [0.1, 0.15) is 0 Å². The second-order valence-corrected chi connectivity index (χ2v) is 4.20. The second kappa shape index (κ2) is 3.70. The van der Waals surface area contributed by atoms with Gasteiger partial charge in [0.05, 0.1) is 29.9 Å². The summed E-state index contributed by atoms with van der Waals surface area (Å²) >= 11 is 1.55. The van der Waals surface area contributed by atoms with Gasteiger partial charge in [-0.1, -0.05) is 6.07 Å². The molecule has 0 aromatic carbocycles. The number of thiazole rings is 1. The van der Waals surface area contributed by atoms with Crippen LogP contribution in [0.15, 0.2) is 36.0 Å². The zero-order valence-electron chi connectivity index (χ0n) is 8.37. The molecule has 0 saturated carbocycles. The number of hydrogen-bond donors (Lipinski definition) is 1. The fourth-order valence-corrected chi connectivity index (χ4v) is 2.55. The molecule has 4 nitrogen and oxygen atoms in total. The summed E-state index contributed by atoms with van der Waals surface area (Å²) in [6, 6.07) is 5.78. The van der Waals surface area contributed by atoms with E-state index in [1.165, 1.54) is 0 Å². The molecule has 16 heavy (non-hydrogen) atoms. The molecule has 3 heterocycles. The molecular weight excluding hydrogens is 222 g/mol. The molecule has 0 radical (unpaired) electrons. The number of pyridine rings is 1. The van der Waals surface area contributed by atoms with Gasteiger partial charge in [0.25, 0.3) is 0 Å². The van der Waals surface area contributed by atoms with E-state index in [4.69, 9.17) is 0 Å². The van der Waals surface area contributed by atoms with E-state index in [-0.39, 0.29) is 6.61 Å².